The van der Waals surface area contributed by atoms with Crippen molar-refractivity contribution in [1.82, 2.24) is 4.90 Å². The summed E-state index contributed by atoms with van der Waals surface area (Å²) in [5.41, 5.74) is 0. The first-order valence-corrected chi connectivity index (χ1v) is 3.18. The Morgan fingerprint density at radius 3 is 1.89 bits per heavy atom. The fraction of sp³-hybridized carbons (Fsp3) is 0.667. The molecule has 0 aromatic heterocycles. The highest BCUT2D eigenvalue weighted by Gasteiger charge is 1.90. The molecule has 3 heteroatoms. The lowest BCUT2D eigenvalue weighted by Crippen LogP contribution is -2.18. The Balaban J connectivity index is 4.00. The van der Waals surface area contributed by atoms with Gasteiger partial charge in [0.1, 0.15) is 10.8 Å². The Kier molecular flexibility index (Phi) is 3.39. The fourth-order valence-corrected chi connectivity index (χ4v) is 0.460. The molecule has 0 spiro atoms. The molecule has 0 fully saturated rings. The van der Waals surface area contributed by atoms with E-state index in [9.17, 15) is 0 Å². The van der Waals surface area contributed by atoms with Crippen LogP contribution in [0.2, 0.25) is 0 Å². The van der Waals surface area contributed by atoms with Crippen LogP contribution >= 0.6 is 12.2 Å². The number of thiocarbonyl (C=S) groups is 1. The molecule has 0 aliphatic carbocycles. The van der Waals surface area contributed by atoms with E-state index in [-0.39, 0.29) is 0 Å². The van der Waals surface area contributed by atoms with Crippen molar-refractivity contribution in [2.75, 3.05) is 14.1 Å². The largest absolute Gasteiger partial charge is 0.366 e. The third kappa shape index (κ3) is 4.09. The zero-order valence-corrected chi connectivity index (χ0v) is 7.12. The van der Waals surface area contributed by atoms with Crippen molar-refractivity contribution in [3.8, 4) is 0 Å². The smallest absolute Gasteiger partial charge is 0.102 e. The first kappa shape index (κ1) is 8.56. The molecule has 0 aromatic rings. The van der Waals surface area contributed by atoms with Crippen molar-refractivity contribution in [3.05, 3.63) is 0 Å². The summed E-state index contributed by atoms with van der Waals surface area (Å²) >= 11 is 4.78. The minimum Gasteiger partial charge on any atom is -0.366 e. The van der Waals surface area contributed by atoms with Gasteiger partial charge in [-0.3, -0.25) is 0 Å². The lowest BCUT2D eigenvalue weighted by atomic mass is 10.6. The molecule has 9 heavy (non-hydrogen) atoms. The zero-order valence-electron chi connectivity index (χ0n) is 6.30. The van der Waals surface area contributed by atoms with Crippen molar-refractivity contribution >= 4 is 23.0 Å². The summed E-state index contributed by atoms with van der Waals surface area (Å²) in [5, 5.41) is 0. The Morgan fingerprint density at radius 2 is 1.78 bits per heavy atom. The van der Waals surface area contributed by atoms with Gasteiger partial charge in [0.2, 0.25) is 0 Å². The van der Waals surface area contributed by atoms with Crippen LogP contribution in [0.3, 0.4) is 0 Å². The van der Waals surface area contributed by atoms with E-state index in [0.29, 0.717) is 4.99 Å². The molecular formula is C6H12N2S. The lowest BCUT2D eigenvalue weighted by molar-refractivity contribution is 0.620. The van der Waals surface area contributed by atoms with Gasteiger partial charge >= 0.3 is 0 Å². The van der Waals surface area contributed by atoms with E-state index in [0.717, 1.165) is 5.84 Å². The van der Waals surface area contributed by atoms with E-state index in [1.807, 2.05) is 32.8 Å². The maximum Gasteiger partial charge on any atom is 0.102 e. The zero-order chi connectivity index (χ0) is 7.44. The second-order valence-electron chi connectivity index (χ2n) is 2.07. The number of hydrogen-bond acceptors (Lipinski definition) is 1. The van der Waals surface area contributed by atoms with Crippen LogP contribution in [0.25, 0.3) is 0 Å². The van der Waals surface area contributed by atoms with Crippen LogP contribution in [0.4, 0.5) is 0 Å². The van der Waals surface area contributed by atoms with Gasteiger partial charge < -0.3 is 4.90 Å². The maximum absolute atomic E-state index is 4.78. The van der Waals surface area contributed by atoms with Gasteiger partial charge in [0.15, 0.2) is 0 Å². The van der Waals surface area contributed by atoms with Crippen molar-refractivity contribution < 1.29 is 0 Å². The number of nitrogens with zero attached hydrogens (tertiary/aromatic N) is 2. The van der Waals surface area contributed by atoms with Crippen LogP contribution in [0.1, 0.15) is 13.8 Å². The first-order valence-electron chi connectivity index (χ1n) is 2.77. The molecule has 0 aromatic carbocycles. The second-order valence-corrected chi connectivity index (χ2v) is 2.66. The van der Waals surface area contributed by atoms with Gasteiger partial charge in [-0.2, -0.15) is 0 Å². The Labute approximate surface area is 61.6 Å². The van der Waals surface area contributed by atoms with Gasteiger partial charge in [-0.05, 0) is 13.8 Å². The summed E-state index contributed by atoms with van der Waals surface area (Å²) < 4.78 is 0. The quantitative estimate of drug-likeness (QED) is 0.289. The molecule has 2 nitrogen and oxygen atoms in total. The standard InChI is InChI=1S/C6H12N2S/c1-5(8(3)4)7-6(2)9/h1-4H3. The molecule has 0 N–H and O–H groups in total. The minimum atomic E-state index is 0.682. The number of hydrogen-bond donors (Lipinski definition) is 0. The predicted octanol–water partition coefficient (Wildman–Crippen LogP) is 1.31. The van der Waals surface area contributed by atoms with Crippen LogP contribution < -0.4 is 0 Å². The molecule has 0 radical (unpaired) electrons. The van der Waals surface area contributed by atoms with Gasteiger partial charge in [-0.1, -0.05) is 12.2 Å². The third-order valence-corrected chi connectivity index (χ3v) is 1.06. The molecule has 0 aliphatic rings. The SMILES string of the molecule is CC(=S)N=C(C)N(C)C. The van der Waals surface area contributed by atoms with Crippen molar-refractivity contribution in [1.29, 1.82) is 0 Å². The van der Waals surface area contributed by atoms with E-state index in [4.69, 9.17) is 12.2 Å². The third-order valence-electron chi connectivity index (χ3n) is 0.966. The van der Waals surface area contributed by atoms with Gasteiger partial charge in [-0.15, -0.1) is 0 Å². The summed E-state index contributed by atoms with van der Waals surface area (Å²) in [7, 11) is 3.88. The number of aliphatic imine (C=N–C) groups is 1. The van der Waals surface area contributed by atoms with Crippen LogP contribution in [-0.2, 0) is 0 Å². The van der Waals surface area contributed by atoms with E-state index in [1.54, 1.807) is 0 Å². The fourth-order valence-electron chi connectivity index (χ4n) is 0.328. The van der Waals surface area contributed by atoms with Crippen molar-refractivity contribution in [2.45, 2.75) is 13.8 Å². The first-order chi connectivity index (χ1) is 4.04. The monoisotopic (exact) mass is 144 g/mol. The highest BCUT2D eigenvalue weighted by Crippen LogP contribution is 1.84. The lowest BCUT2D eigenvalue weighted by Gasteiger charge is -2.09. The van der Waals surface area contributed by atoms with E-state index < -0.39 is 0 Å². The molecule has 0 heterocycles. The Morgan fingerprint density at radius 1 is 1.33 bits per heavy atom. The van der Waals surface area contributed by atoms with Gasteiger partial charge in [-0.25, -0.2) is 4.99 Å². The maximum atomic E-state index is 4.78. The molecule has 0 bridgehead atoms. The summed E-state index contributed by atoms with van der Waals surface area (Å²) in [6.07, 6.45) is 0. The highest BCUT2D eigenvalue weighted by molar-refractivity contribution is 7.80. The van der Waals surface area contributed by atoms with Gasteiger partial charge in [0.25, 0.3) is 0 Å². The topological polar surface area (TPSA) is 15.6 Å². The summed E-state index contributed by atoms with van der Waals surface area (Å²) in [5.74, 6) is 0.947. The Bertz CT molecular complexity index is 138. The van der Waals surface area contributed by atoms with Crippen LogP contribution in [0, 0.1) is 0 Å². The molecule has 0 atom stereocenters. The van der Waals surface area contributed by atoms with Crippen LogP contribution in [0.5, 0.6) is 0 Å². The molecule has 52 valence electrons. The van der Waals surface area contributed by atoms with Gasteiger partial charge in [0.05, 0.1) is 0 Å². The van der Waals surface area contributed by atoms with Crippen LogP contribution in [-0.4, -0.2) is 29.8 Å². The van der Waals surface area contributed by atoms with Crippen molar-refractivity contribution in [2.24, 2.45) is 4.99 Å². The summed E-state index contributed by atoms with van der Waals surface area (Å²) in [6.45, 7) is 3.73. The van der Waals surface area contributed by atoms with Crippen LogP contribution in [0.15, 0.2) is 4.99 Å². The predicted molar refractivity (Wildman–Crippen MR) is 45.1 cm³/mol. The summed E-state index contributed by atoms with van der Waals surface area (Å²) in [6, 6.07) is 0. The average Bonchev–Trinajstić information content (AvgIpc) is 1.63. The molecule has 0 aliphatic heterocycles. The highest BCUT2D eigenvalue weighted by atomic mass is 32.1. The van der Waals surface area contributed by atoms with E-state index >= 15 is 0 Å². The molecule has 0 amide bonds. The molecule has 0 saturated heterocycles. The Hall–Kier alpha value is -0.440. The summed E-state index contributed by atoms with van der Waals surface area (Å²) in [4.78, 5) is 6.66. The molecular weight excluding hydrogens is 132 g/mol. The van der Waals surface area contributed by atoms with E-state index in [1.165, 1.54) is 0 Å². The average molecular weight is 144 g/mol. The molecule has 0 unspecified atom stereocenters. The second kappa shape index (κ2) is 3.56. The van der Waals surface area contributed by atoms with Gasteiger partial charge in [0, 0.05) is 14.1 Å². The number of rotatable bonds is 0. The number of amidine groups is 1. The molecule has 0 saturated carbocycles. The minimum absolute atomic E-state index is 0.682. The van der Waals surface area contributed by atoms with Crippen molar-refractivity contribution in [3.63, 3.8) is 0 Å². The normalized spacial score (nSPS) is 11.3. The molecule has 0 rings (SSSR count). The van der Waals surface area contributed by atoms with E-state index in [2.05, 4.69) is 4.99 Å².